The van der Waals surface area contributed by atoms with Gasteiger partial charge in [-0.2, -0.15) is 10.4 Å². The number of likely N-dealkylation sites (tertiary alicyclic amines) is 1. The van der Waals surface area contributed by atoms with Crippen molar-refractivity contribution < 1.29 is 19.1 Å². The quantitative estimate of drug-likeness (QED) is 0.618. The van der Waals surface area contributed by atoms with E-state index < -0.39 is 17.5 Å². The molecule has 1 aromatic carbocycles. The molecule has 31 heavy (non-hydrogen) atoms. The minimum absolute atomic E-state index is 0.185. The van der Waals surface area contributed by atoms with Crippen molar-refractivity contribution in [2.24, 2.45) is 5.73 Å². The first-order chi connectivity index (χ1) is 15.0. The minimum atomic E-state index is -0.654. The number of aromatic nitrogens is 2. The first-order valence-electron chi connectivity index (χ1n) is 9.99. The first kappa shape index (κ1) is 22.1. The Labute approximate surface area is 180 Å². The summed E-state index contributed by atoms with van der Waals surface area (Å²) >= 11 is 0. The van der Waals surface area contributed by atoms with Crippen molar-refractivity contribution in [3.05, 3.63) is 42.1 Å². The highest BCUT2D eigenvalue weighted by atomic mass is 16.6. The average Bonchev–Trinajstić information content (AvgIpc) is 3.20. The zero-order valence-corrected chi connectivity index (χ0v) is 17.4. The Morgan fingerprint density at radius 2 is 1.97 bits per heavy atom. The lowest BCUT2D eigenvalue weighted by Crippen LogP contribution is -2.48. The third kappa shape index (κ3) is 5.13. The van der Waals surface area contributed by atoms with Crippen LogP contribution in [0.25, 0.3) is 0 Å². The van der Waals surface area contributed by atoms with E-state index in [1.165, 1.54) is 7.11 Å². The van der Waals surface area contributed by atoms with E-state index in [-0.39, 0.29) is 18.6 Å². The van der Waals surface area contributed by atoms with Crippen LogP contribution in [0, 0.1) is 11.3 Å². The van der Waals surface area contributed by atoms with Crippen LogP contribution in [0.15, 0.2) is 36.5 Å². The van der Waals surface area contributed by atoms with E-state index in [0.29, 0.717) is 38.4 Å². The number of rotatable bonds is 8. The fourth-order valence-electron chi connectivity index (χ4n) is 3.59. The number of nitrogens with two attached hydrogens (primary N) is 1. The van der Waals surface area contributed by atoms with Crippen LogP contribution in [0.5, 0.6) is 0 Å². The number of hydrogen-bond donors (Lipinski definition) is 2. The molecule has 164 valence electrons. The van der Waals surface area contributed by atoms with Gasteiger partial charge < -0.3 is 25.4 Å². The average molecular weight is 426 g/mol. The third-order valence-corrected chi connectivity index (χ3v) is 5.38. The van der Waals surface area contributed by atoms with Gasteiger partial charge in [0.15, 0.2) is 5.82 Å². The highest BCUT2D eigenvalue weighted by Gasteiger charge is 2.39. The molecule has 10 heteroatoms. The van der Waals surface area contributed by atoms with Crippen LogP contribution in [0.2, 0.25) is 0 Å². The molecular weight excluding hydrogens is 400 g/mol. The summed E-state index contributed by atoms with van der Waals surface area (Å²) in [4.78, 5) is 25.8. The number of para-hydroxylation sites is 1. The summed E-state index contributed by atoms with van der Waals surface area (Å²) in [7, 11) is 1.54. The molecule has 0 radical (unpaired) electrons. The van der Waals surface area contributed by atoms with Gasteiger partial charge in [0.1, 0.15) is 12.2 Å². The van der Waals surface area contributed by atoms with E-state index >= 15 is 0 Å². The number of nitriles is 1. The van der Waals surface area contributed by atoms with Crippen LogP contribution in [-0.2, 0) is 15.0 Å². The zero-order chi connectivity index (χ0) is 22.3. The number of anilines is 2. The summed E-state index contributed by atoms with van der Waals surface area (Å²) in [6.07, 6.45) is 2.34. The summed E-state index contributed by atoms with van der Waals surface area (Å²) in [5, 5.41) is 17.2. The van der Waals surface area contributed by atoms with Crippen molar-refractivity contribution in [1.82, 2.24) is 14.7 Å². The molecule has 0 aliphatic carbocycles. The van der Waals surface area contributed by atoms with E-state index in [1.807, 2.05) is 30.3 Å². The van der Waals surface area contributed by atoms with Crippen molar-refractivity contribution in [3.63, 3.8) is 0 Å². The van der Waals surface area contributed by atoms with Crippen LogP contribution < -0.4 is 11.1 Å². The van der Waals surface area contributed by atoms with E-state index in [1.54, 1.807) is 15.8 Å². The summed E-state index contributed by atoms with van der Waals surface area (Å²) in [6, 6.07) is 11.5. The molecule has 2 amide bonds. The van der Waals surface area contributed by atoms with E-state index in [0.717, 1.165) is 5.69 Å². The smallest absolute Gasteiger partial charge is 0.409 e. The molecule has 0 bridgehead atoms. The largest absolute Gasteiger partial charge is 0.447 e. The number of ether oxygens (including phenoxy) is 2. The Morgan fingerprint density at radius 1 is 1.26 bits per heavy atom. The Hall–Kier alpha value is -3.58. The summed E-state index contributed by atoms with van der Waals surface area (Å²) < 4.78 is 11.7. The summed E-state index contributed by atoms with van der Waals surface area (Å²) in [6.45, 7) is 1.32. The number of carbonyl (C=O) groups is 2. The SMILES string of the molecule is COCCOC(=O)N1CCC(CC#N)(n2cc(C(N)=O)c(Nc3ccccc3)n2)CC1. The number of methoxy groups -OCH3 is 1. The Balaban J connectivity index is 1.80. The number of primary amides is 1. The highest BCUT2D eigenvalue weighted by molar-refractivity contribution is 5.98. The fraction of sp³-hybridized carbons (Fsp3) is 0.429. The normalized spacial score (nSPS) is 15.2. The molecule has 2 heterocycles. The maximum Gasteiger partial charge on any atom is 0.409 e. The number of nitrogens with one attached hydrogen (secondary N) is 1. The number of benzene rings is 1. The number of amides is 2. The molecule has 0 unspecified atom stereocenters. The lowest BCUT2D eigenvalue weighted by atomic mass is 9.85. The molecule has 0 spiro atoms. The van der Waals surface area contributed by atoms with Crippen molar-refractivity contribution >= 4 is 23.5 Å². The van der Waals surface area contributed by atoms with Gasteiger partial charge in [-0.1, -0.05) is 18.2 Å². The standard InChI is InChI=1S/C21H26N6O4/c1-30-13-14-31-20(29)26-11-8-21(7-10-22,9-12-26)27-15-17(18(23)28)19(25-27)24-16-5-3-2-4-6-16/h2-6,15H,7-9,11-14H2,1H3,(H2,23,28)(H,24,25). The Kier molecular flexibility index (Phi) is 7.10. The van der Waals surface area contributed by atoms with Crippen molar-refractivity contribution in [1.29, 1.82) is 5.26 Å². The number of nitrogens with zero attached hydrogens (tertiary/aromatic N) is 4. The van der Waals surface area contributed by atoms with Gasteiger partial charge in [-0.15, -0.1) is 0 Å². The number of piperidine rings is 1. The minimum Gasteiger partial charge on any atom is -0.447 e. The first-order valence-corrected chi connectivity index (χ1v) is 9.99. The lowest BCUT2D eigenvalue weighted by molar-refractivity contribution is 0.0493. The molecule has 2 aromatic rings. The summed E-state index contributed by atoms with van der Waals surface area (Å²) in [5.41, 5.74) is 5.92. The molecule has 1 fully saturated rings. The predicted octanol–water partition coefficient (Wildman–Crippen LogP) is 2.21. The molecule has 0 saturated carbocycles. The van der Waals surface area contributed by atoms with Crippen LogP contribution >= 0.6 is 0 Å². The highest BCUT2D eigenvalue weighted by Crippen LogP contribution is 2.35. The van der Waals surface area contributed by atoms with Gasteiger partial charge in [0, 0.05) is 32.1 Å². The van der Waals surface area contributed by atoms with Gasteiger partial charge in [0.25, 0.3) is 5.91 Å². The molecule has 1 saturated heterocycles. The van der Waals surface area contributed by atoms with Crippen molar-refractivity contribution in [2.75, 3.05) is 38.7 Å². The van der Waals surface area contributed by atoms with Crippen LogP contribution in [0.4, 0.5) is 16.3 Å². The molecule has 1 aliphatic heterocycles. The van der Waals surface area contributed by atoms with Crippen molar-refractivity contribution in [3.8, 4) is 6.07 Å². The van der Waals surface area contributed by atoms with E-state index in [4.69, 9.17) is 15.2 Å². The predicted molar refractivity (Wildman–Crippen MR) is 113 cm³/mol. The molecule has 10 nitrogen and oxygen atoms in total. The molecule has 0 atom stereocenters. The number of carbonyl (C=O) groups excluding carboxylic acids is 2. The second-order valence-electron chi connectivity index (χ2n) is 7.34. The fourth-order valence-corrected chi connectivity index (χ4v) is 3.59. The molecule has 1 aliphatic rings. The maximum absolute atomic E-state index is 12.2. The monoisotopic (exact) mass is 426 g/mol. The zero-order valence-electron chi connectivity index (χ0n) is 17.4. The third-order valence-electron chi connectivity index (χ3n) is 5.38. The Morgan fingerprint density at radius 3 is 2.58 bits per heavy atom. The second kappa shape index (κ2) is 9.95. The second-order valence-corrected chi connectivity index (χ2v) is 7.34. The van der Waals surface area contributed by atoms with Gasteiger partial charge >= 0.3 is 6.09 Å². The molecule has 1 aromatic heterocycles. The van der Waals surface area contributed by atoms with Gasteiger partial charge in [-0.3, -0.25) is 9.48 Å². The Bertz CT molecular complexity index is 945. The van der Waals surface area contributed by atoms with Gasteiger partial charge in [-0.05, 0) is 25.0 Å². The topological polar surface area (TPSA) is 136 Å². The van der Waals surface area contributed by atoms with E-state index in [9.17, 15) is 14.9 Å². The molecular formula is C21H26N6O4. The van der Waals surface area contributed by atoms with Crippen molar-refractivity contribution in [2.45, 2.75) is 24.8 Å². The van der Waals surface area contributed by atoms with Crippen LogP contribution in [0.1, 0.15) is 29.6 Å². The maximum atomic E-state index is 12.2. The van der Waals surface area contributed by atoms with Crippen LogP contribution in [0.3, 0.4) is 0 Å². The van der Waals surface area contributed by atoms with E-state index in [2.05, 4.69) is 16.5 Å². The van der Waals surface area contributed by atoms with Gasteiger partial charge in [-0.25, -0.2) is 4.79 Å². The number of hydrogen-bond acceptors (Lipinski definition) is 7. The van der Waals surface area contributed by atoms with Gasteiger partial charge in [0.2, 0.25) is 0 Å². The molecule has 3 rings (SSSR count). The lowest BCUT2D eigenvalue weighted by Gasteiger charge is -2.40. The van der Waals surface area contributed by atoms with Gasteiger partial charge in [0.05, 0.1) is 24.6 Å². The molecule has 3 N–H and O–H groups in total. The summed E-state index contributed by atoms with van der Waals surface area (Å²) in [5.74, 6) is -0.284. The van der Waals surface area contributed by atoms with Crippen LogP contribution in [-0.4, -0.2) is 60.1 Å².